The van der Waals surface area contributed by atoms with Gasteiger partial charge in [-0.25, -0.2) is 0 Å². The maximum atomic E-state index is 12.1. The van der Waals surface area contributed by atoms with Gasteiger partial charge in [0.1, 0.15) is 18.4 Å². The fraction of sp³-hybridized carbons (Fsp3) is 0.316. The molecule has 126 valence electrons. The number of hydrogen-bond donors (Lipinski definition) is 0. The molecule has 0 saturated carbocycles. The van der Waals surface area contributed by atoms with Crippen molar-refractivity contribution in [3.63, 3.8) is 0 Å². The van der Waals surface area contributed by atoms with Gasteiger partial charge in [0.05, 0.1) is 7.11 Å². The normalized spacial score (nSPS) is 17.2. The van der Waals surface area contributed by atoms with Crippen molar-refractivity contribution in [3.05, 3.63) is 64.7 Å². The Bertz CT molecular complexity index is 702. The summed E-state index contributed by atoms with van der Waals surface area (Å²) in [6.07, 6.45) is 0.670. The summed E-state index contributed by atoms with van der Waals surface area (Å²) < 4.78 is 10.7. The lowest BCUT2D eigenvalue weighted by atomic mass is 9.94. The van der Waals surface area contributed by atoms with Crippen LogP contribution in [0.2, 0.25) is 5.02 Å². The van der Waals surface area contributed by atoms with Crippen LogP contribution in [0.25, 0.3) is 0 Å². The first kappa shape index (κ1) is 16.8. The second-order valence-corrected chi connectivity index (χ2v) is 6.22. The van der Waals surface area contributed by atoms with Crippen LogP contribution in [0.5, 0.6) is 5.75 Å². The summed E-state index contributed by atoms with van der Waals surface area (Å²) >= 11 is 5.87. The lowest BCUT2D eigenvalue weighted by Crippen LogP contribution is -2.47. The van der Waals surface area contributed by atoms with Gasteiger partial charge in [-0.1, -0.05) is 35.9 Å². The van der Waals surface area contributed by atoms with E-state index in [2.05, 4.69) is 17.0 Å². The Morgan fingerprint density at radius 1 is 1.17 bits per heavy atom. The fourth-order valence-electron chi connectivity index (χ4n) is 2.99. The van der Waals surface area contributed by atoms with E-state index in [0.29, 0.717) is 24.6 Å². The molecule has 0 fully saturated rings. The number of esters is 1. The number of carbonyl (C=O) groups excluding carboxylic acids is 1. The highest BCUT2D eigenvalue weighted by atomic mass is 35.5. The summed E-state index contributed by atoms with van der Waals surface area (Å²) in [4.78, 5) is 14.3. The summed E-state index contributed by atoms with van der Waals surface area (Å²) in [5.74, 6) is 0.572. The SMILES string of the molecule is COC(=O)C1Cc2ccccc2CN1CCOc1ccc(Cl)cc1. The number of hydrogen-bond acceptors (Lipinski definition) is 4. The molecule has 0 amide bonds. The number of halogens is 1. The molecule has 0 radical (unpaired) electrons. The second kappa shape index (κ2) is 7.69. The largest absolute Gasteiger partial charge is 0.492 e. The predicted molar refractivity (Wildman–Crippen MR) is 93.3 cm³/mol. The smallest absolute Gasteiger partial charge is 0.323 e. The Kier molecular flexibility index (Phi) is 5.38. The minimum absolute atomic E-state index is 0.198. The molecule has 0 aliphatic carbocycles. The van der Waals surface area contributed by atoms with Crippen molar-refractivity contribution in [3.8, 4) is 5.75 Å². The molecule has 1 unspecified atom stereocenters. The zero-order valence-electron chi connectivity index (χ0n) is 13.6. The quantitative estimate of drug-likeness (QED) is 0.779. The molecule has 2 aromatic rings. The molecule has 1 heterocycles. The molecule has 3 rings (SSSR count). The third-order valence-electron chi connectivity index (χ3n) is 4.28. The van der Waals surface area contributed by atoms with Crippen LogP contribution in [0.4, 0.5) is 0 Å². The minimum Gasteiger partial charge on any atom is -0.492 e. The van der Waals surface area contributed by atoms with Gasteiger partial charge in [0.15, 0.2) is 0 Å². The Morgan fingerprint density at radius 3 is 2.58 bits per heavy atom. The van der Waals surface area contributed by atoms with E-state index in [1.54, 1.807) is 12.1 Å². The molecule has 0 aromatic heterocycles. The zero-order valence-corrected chi connectivity index (χ0v) is 14.3. The van der Waals surface area contributed by atoms with Crippen molar-refractivity contribution >= 4 is 17.6 Å². The van der Waals surface area contributed by atoms with Gasteiger partial charge in [-0.05, 0) is 41.8 Å². The van der Waals surface area contributed by atoms with Crippen molar-refractivity contribution in [1.82, 2.24) is 4.90 Å². The molecule has 0 saturated heterocycles. The highest BCUT2D eigenvalue weighted by Crippen LogP contribution is 2.24. The molecule has 1 atom stereocenters. The Morgan fingerprint density at radius 2 is 1.88 bits per heavy atom. The van der Waals surface area contributed by atoms with Gasteiger partial charge in [-0.15, -0.1) is 0 Å². The van der Waals surface area contributed by atoms with Gasteiger partial charge in [0.25, 0.3) is 0 Å². The molecule has 1 aliphatic rings. The summed E-state index contributed by atoms with van der Waals surface area (Å²) in [6.45, 7) is 1.87. The van der Waals surface area contributed by atoms with Gasteiger partial charge in [-0.3, -0.25) is 9.69 Å². The third kappa shape index (κ3) is 3.89. The first-order valence-electron chi connectivity index (χ1n) is 7.94. The van der Waals surface area contributed by atoms with E-state index in [1.165, 1.54) is 18.2 Å². The zero-order chi connectivity index (χ0) is 16.9. The van der Waals surface area contributed by atoms with E-state index in [4.69, 9.17) is 21.1 Å². The highest BCUT2D eigenvalue weighted by Gasteiger charge is 2.31. The summed E-state index contributed by atoms with van der Waals surface area (Å²) in [5, 5.41) is 0.681. The van der Waals surface area contributed by atoms with E-state index in [1.807, 2.05) is 24.3 Å². The molecule has 0 spiro atoms. The number of rotatable bonds is 5. The summed E-state index contributed by atoms with van der Waals surface area (Å²) in [6, 6.07) is 15.2. The van der Waals surface area contributed by atoms with Crippen molar-refractivity contribution in [2.75, 3.05) is 20.3 Å². The van der Waals surface area contributed by atoms with Gasteiger partial charge >= 0.3 is 5.97 Å². The van der Waals surface area contributed by atoms with Crippen LogP contribution in [0.3, 0.4) is 0 Å². The molecule has 4 nitrogen and oxygen atoms in total. The van der Waals surface area contributed by atoms with Gasteiger partial charge < -0.3 is 9.47 Å². The average Bonchev–Trinajstić information content (AvgIpc) is 2.62. The predicted octanol–water partition coefficient (Wildman–Crippen LogP) is 3.32. The number of methoxy groups -OCH3 is 1. The number of benzene rings is 2. The van der Waals surface area contributed by atoms with Crippen LogP contribution in [0.15, 0.2) is 48.5 Å². The average molecular weight is 346 g/mol. The lowest BCUT2D eigenvalue weighted by molar-refractivity contribution is -0.147. The Hall–Kier alpha value is -2.04. The van der Waals surface area contributed by atoms with E-state index >= 15 is 0 Å². The highest BCUT2D eigenvalue weighted by molar-refractivity contribution is 6.30. The minimum atomic E-state index is -0.265. The fourth-order valence-corrected chi connectivity index (χ4v) is 3.12. The first-order chi connectivity index (χ1) is 11.7. The van der Waals surface area contributed by atoms with E-state index < -0.39 is 0 Å². The molecule has 0 N–H and O–H groups in total. The molecule has 1 aliphatic heterocycles. The van der Waals surface area contributed by atoms with Crippen LogP contribution < -0.4 is 4.74 Å². The van der Waals surface area contributed by atoms with E-state index in [9.17, 15) is 4.79 Å². The molecule has 5 heteroatoms. The third-order valence-corrected chi connectivity index (χ3v) is 4.53. The number of ether oxygens (including phenoxy) is 2. The van der Waals surface area contributed by atoms with Gasteiger partial charge in [0.2, 0.25) is 0 Å². The maximum absolute atomic E-state index is 12.1. The molecule has 24 heavy (non-hydrogen) atoms. The van der Waals surface area contributed by atoms with Crippen LogP contribution in [0.1, 0.15) is 11.1 Å². The van der Waals surface area contributed by atoms with Gasteiger partial charge in [-0.2, -0.15) is 0 Å². The van der Waals surface area contributed by atoms with Crippen molar-refractivity contribution in [2.45, 2.75) is 19.0 Å². The number of nitrogens with zero attached hydrogens (tertiary/aromatic N) is 1. The summed E-state index contributed by atoms with van der Waals surface area (Å²) in [5.41, 5.74) is 2.46. The first-order valence-corrected chi connectivity index (χ1v) is 8.32. The molecule has 0 bridgehead atoms. The molecular weight excluding hydrogens is 326 g/mol. The van der Waals surface area contributed by atoms with Crippen LogP contribution in [-0.2, 0) is 22.5 Å². The van der Waals surface area contributed by atoms with Crippen molar-refractivity contribution < 1.29 is 14.3 Å². The summed E-state index contributed by atoms with van der Waals surface area (Å²) in [7, 11) is 1.44. The molecular formula is C19H20ClNO3. The Labute approximate surface area is 146 Å². The van der Waals surface area contributed by atoms with E-state index in [-0.39, 0.29) is 12.0 Å². The standard InChI is InChI=1S/C19H20ClNO3/c1-23-19(22)18-12-14-4-2-3-5-15(14)13-21(18)10-11-24-17-8-6-16(20)7-9-17/h2-9,18H,10-13H2,1H3. The topological polar surface area (TPSA) is 38.8 Å². The van der Waals surface area contributed by atoms with E-state index in [0.717, 1.165) is 12.3 Å². The van der Waals surface area contributed by atoms with Crippen LogP contribution in [0, 0.1) is 0 Å². The van der Waals surface area contributed by atoms with Crippen molar-refractivity contribution in [1.29, 1.82) is 0 Å². The second-order valence-electron chi connectivity index (χ2n) is 5.78. The monoisotopic (exact) mass is 345 g/mol. The van der Waals surface area contributed by atoms with Gasteiger partial charge in [0, 0.05) is 18.1 Å². The Balaban J connectivity index is 1.65. The number of fused-ring (bicyclic) bond motifs is 1. The van der Waals surface area contributed by atoms with Crippen molar-refractivity contribution in [2.24, 2.45) is 0 Å². The number of carbonyl (C=O) groups is 1. The van der Waals surface area contributed by atoms with Crippen LogP contribution >= 0.6 is 11.6 Å². The lowest BCUT2D eigenvalue weighted by Gasteiger charge is -2.34. The molecule has 2 aromatic carbocycles. The van der Waals surface area contributed by atoms with Crippen LogP contribution in [-0.4, -0.2) is 37.2 Å². The maximum Gasteiger partial charge on any atom is 0.323 e.